The molecule has 0 atom stereocenters. The minimum Gasteiger partial charge on any atom is -0.505 e. The number of aldehydes is 1. The highest BCUT2D eigenvalue weighted by atomic mass is 19.4. The maximum Gasteiger partial charge on any atom is 0.416 e. The molecule has 0 aliphatic rings. The fourth-order valence-electron chi connectivity index (χ4n) is 1.54. The number of carbonyl (C=O) groups excluding carboxylic acids is 1. The Kier molecular flexibility index (Phi) is 3.31. The Morgan fingerprint density at radius 2 is 1.95 bits per heavy atom. The van der Waals surface area contributed by atoms with Crippen LogP contribution in [0.25, 0.3) is 5.69 Å². The van der Waals surface area contributed by atoms with Crippen LogP contribution in [-0.2, 0) is 6.18 Å². The smallest absolute Gasteiger partial charge is 0.416 e. The van der Waals surface area contributed by atoms with Gasteiger partial charge in [0.05, 0.1) is 11.3 Å². The lowest BCUT2D eigenvalue weighted by molar-refractivity contribution is -0.137. The average Bonchev–Trinajstić information content (AvgIpc) is 2.38. The summed E-state index contributed by atoms with van der Waals surface area (Å²) in [6.45, 7) is 0. The van der Waals surface area contributed by atoms with Crippen LogP contribution in [0, 0.1) is 0 Å². The molecule has 104 valence electrons. The quantitative estimate of drug-likeness (QED) is 0.853. The lowest BCUT2D eigenvalue weighted by atomic mass is 10.2. The van der Waals surface area contributed by atoms with Gasteiger partial charge in [-0.1, -0.05) is 6.07 Å². The first kappa shape index (κ1) is 13.8. The first-order valence-electron chi connectivity index (χ1n) is 5.29. The van der Waals surface area contributed by atoms with Crippen LogP contribution in [0.15, 0.2) is 35.1 Å². The largest absolute Gasteiger partial charge is 0.505 e. The van der Waals surface area contributed by atoms with Crippen molar-refractivity contribution < 1.29 is 23.1 Å². The highest BCUT2D eigenvalue weighted by Gasteiger charge is 2.30. The maximum atomic E-state index is 12.6. The van der Waals surface area contributed by atoms with Gasteiger partial charge in [0.2, 0.25) is 0 Å². The number of rotatable bonds is 2. The van der Waals surface area contributed by atoms with Crippen LogP contribution in [0.1, 0.15) is 16.1 Å². The van der Waals surface area contributed by atoms with Gasteiger partial charge in [-0.2, -0.15) is 23.0 Å². The van der Waals surface area contributed by atoms with E-state index >= 15 is 0 Å². The Balaban J connectivity index is 2.63. The fourth-order valence-corrected chi connectivity index (χ4v) is 1.54. The molecule has 0 aliphatic heterocycles. The molecule has 1 aromatic heterocycles. The van der Waals surface area contributed by atoms with E-state index in [1.165, 1.54) is 6.07 Å². The van der Waals surface area contributed by atoms with Gasteiger partial charge in [0.1, 0.15) is 0 Å². The number of hydrogen-bond donors (Lipinski definition) is 1. The van der Waals surface area contributed by atoms with Crippen LogP contribution < -0.4 is 5.56 Å². The molecule has 1 aromatic carbocycles. The van der Waals surface area contributed by atoms with Gasteiger partial charge in [-0.15, -0.1) is 0 Å². The van der Waals surface area contributed by atoms with Crippen LogP contribution in [0.2, 0.25) is 0 Å². The summed E-state index contributed by atoms with van der Waals surface area (Å²) in [5.41, 5.74) is -2.41. The van der Waals surface area contributed by atoms with E-state index < -0.39 is 28.7 Å². The standard InChI is InChI=1S/C12H7F3N2O3/c13-12(14,15)7-2-1-3-8(4-7)17-11(20)5-10(19)9(6-18)16-17/h1-6,19H. The Morgan fingerprint density at radius 3 is 2.55 bits per heavy atom. The summed E-state index contributed by atoms with van der Waals surface area (Å²) >= 11 is 0. The second-order valence-electron chi connectivity index (χ2n) is 3.83. The second kappa shape index (κ2) is 4.80. The van der Waals surface area contributed by atoms with Crippen molar-refractivity contribution in [3.05, 3.63) is 51.9 Å². The number of aromatic hydroxyl groups is 1. The third kappa shape index (κ3) is 2.53. The molecule has 0 radical (unpaired) electrons. The van der Waals surface area contributed by atoms with E-state index in [4.69, 9.17) is 0 Å². The normalized spacial score (nSPS) is 11.3. The van der Waals surface area contributed by atoms with E-state index in [2.05, 4.69) is 5.10 Å². The van der Waals surface area contributed by atoms with Crippen molar-refractivity contribution in [2.24, 2.45) is 0 Å². The molecular weight excluding hydrogens is 277 g/mol. The molecule has 0 fully saturated rings. The molecule has 1 N–H and O–H groups in total. The van der Waals surface area contributed by atoms with E-state index in [1.807, 2.05) is 0 Å². The highest BCUT2D eigenvalue weighted by Crippen LogP contribution is 2.30. The minimum absolute atomic E-state index is 0.159. The molecule has 0 spiro atoms. The van der Waals surface area contributed by atoms with Crippen molar-refractivity contribution in [2.75, 3.05) is 0 Å². The summed E-state index contributed by atoms with van der Waals surface area (Å²) in [5.74, 6) is -0.631. The summed E-state index contributed by atoms with van der Waals surface area (Å²) in [7, 11) is 0. The van der Waals surface area contributed by atoms with Gasteiger partial charge >= 0.3 is 6.18 Å². The molecule has 0 saturated heterocycles. The van der Waals surface area contributed by atoms with Crippen LogP contribution in [0.4, 0.5) is 13.2 Å². The Labute approximate surface area is 109 Å². The molecular formula is C12H7F3N2O3. The third-order valence-corrected chi connectivity index (χ3v) is 2.47. The van der Waals surface area contributed by atoms with Gasteiger partial charge in [0, 0.05) is 6.07 Å². The Morgan fingerprint density at radius 1 is 1.25 bits per heavy atom. The van der Waals surface area contributed by atoms with Gasteiger partial charge in [-0.05, 0) is 18.2 Å². The van der Waals surface area contributed by atoms with Gasteiger partial charge < -0.3 is 5.11 Å². The first-order chi connectivity index (χ1) is 9.32. The van der Waals surface area contributed by atoms with Crippen molar-refractivity contribution in [3.8, 4) is 11.4 Å². The predicted octanol–water partition coefficient (Wildman–Crippen LogP) is 1.77. The Hall–Kier alpha value is -2.64. The predicted molar refractivity (Wildman–Crippen MR) is 61.9 cm³/mol. The van der Waals surface area contributed by atoms with E-state index in [0.29, 0.717) is 10.7 Å². The first-order valence-corrected chi connectivity index (χ1v) is 5.29. The molecule has 0 unspecified atom stereocenters. The number of alkyl halides is 3. The summed E-state index contributed by atoms with van der Waals surface area (Å²) < 4.78 is 38.4. The number of halogens is 3. The van der Waals surface area contributed by atoms with Crippen LogP contribution in [0.3, 0.4) is 0 Å². The van der Waals surface area contributed by atoms with Crippen molar-refractivity contribution >= 4 is 6.29 Å². The van der Waals surface area contributed by atoms with E-state index in [1.54, 1.807) is 0 Å². The van der Waals surface area contributed by atoms with E-state index in [-0.39, 0.29) is 12.0 Å². The monoisotopic (exact) mass is 284 g/mol. The molecule has 8 heteroatoms. The van der Waals surface area contributed by atoms with Gasteiger partial charge in [0.25, 0.3) is 5.56 Å². The molecule has 2 aromatic rings. The molecule has 5 nitrogen and oxygen atoms in total. The zero-order chi connectivity index (χ0) is 14.9. The lowest BCUT2D eigenvalue weighted by Gasteiger charge is -2.10. The topological polar surface area (TPSA) is 72.2 Å². The molecule has 0 amide bonds. The molecule has 0 saturated carbocycles. The van der Waals surface area contributed by atoms with Crippen molar-refractivity contribution in [1.82, 2.24) is 9.78 Å². The summed E-state index contributed by atoms with van der Waals surface area (Å²) in [6.07, 6.45) is -4.37. The van der Waals surface area contributed by atoms with Crippen molar-refractivity contribution in [1.29, 1.82) is 0 Å². The molecule has 2 rings (SSSR count). The highest BCUT2D eigenvalue weighted by molar-refractivity contribution is 5.75. The minimum atomic E-state index is -4.57. The van der Waals surface area contributed by atoms with Gasteiger partial charge in [-0.3, -0.25) is 9.59 Å². The van der Waals surface area contributed by atoms with Gasteiger partial charge in [-0.25, -0.2) is 0 Å². The summed E-state index contributed by atoms with van der Waals surface area (Å²) in [5, 5.41) is 12.8. The average molecular weight is 284 g/mol. The number of nitrogens with zero attached hydrogens (tertiary/aromatic N) is 2. The summed E-state index contributed by atoms with van der Waals surface area (Å²) in [4.78, 5) is 22.2. The van der Waals surface area contributed by atoms with E-state index in [9.17, 15) is 27.9 Å². The van der Waals surface area contributed by atoms with E-state index in [0.717, 1.165) is 18.2 Å². The van der Waals surface area contributed by atoms with Crippen LogP contribution in [0.5, 0.6) is 5.75 Å². The fraction of sp³-hybridized carbons (Fsp3) is 0.0833. The number of hydrogen-bond acceptors (Lipinski definition) is 4. The molecule has 20 heavy (non-hydrogen) atoms. The number of carbonyl (C=O) groups is 1. The third-order valence-electron chi connectivity index (χ3n) is 2.47. The molecule has 1 heterocycles. The number of aromatic nitrogens is 2. The lowest BCUT2D eigenvalue weighted by Crippen LogP contribution is -2.22. The van der Waals surface area contributed by atoms with Crippen molar-refractivity contribution in [2.45, 2.75) is 6.18 Å². The molecule has 0 aliphatic carbocycles. The second-order valence-corrected chi connectivity index (χ2v) is 3.83. The van der Waals surface area contributed by atoms with Crippen LogP contribution >= 0.6 is 0 Å². The maximum absolute atomic E-state index is 12.6. The number of benzene rings is 1. The molecule has 0 bridgehead atoms. The zero-order valence-electron chi connectivity index (χ0n) is 9.76. The Bertz CT molecular complexity index is 723. The SMILES string of the molecule is O=Cc1nn(-c2cccc(C(F)(F)F)c2)c(=O)cc1O. The summed E-state index contributed by atoms with van der Waals surface area (Å²) in [6, 6.07) is 4.61. The van der Waals surface area contributed by atoms with Gasteiger partial charge in [0.15, 0.2) is 17.7 Å². The van der Waals surface area contributed by atoms with Crippen molar-refractivity contribution in [3.63, 3.8) is 0 Å². The zero-order valence-corrected chi connectivity index (χ0v) is 9.76. The van der Waals surface area contributed by atoms with Crippen LogP contribution in [-0.4, -0.2) is 21.2 Å².